The maximum absolute atomic E-state index is 12.3. The third-order valence-corrected chi connectivity index (χ3v) is 3.89. The van der Waals surface area contributed by atoms with E-state index in [4.69, 9.17) is 16.7 Å². The number of rotatable bonds is 5. The average Bonchev–Trinajstić information content (AvgIpc) is 3.17. The highest BCUT2D eigenvalue weighted by molar-refractivity contribution is 6.31. The summed E-state index contributed by atoms with van der Waals surface area (Å²) in [6, 6.07) is 5.37. The van der Waals surface area contributed by atoms with Crippen molar-refractivity contribution in [3.8, 4) is 0 Å². The quantitative estimate of drug-likeness (QED) is 0.829. The highest BCUT2D eigenvalue weighted by atomic mass is 35.5. The van der Waals surface area contributed by atoms with Crippen molar-refractivity contribution in [2.45, 2.75) is 25.7 Å². The fourth-order valence-corrected chi connectivity index (χ4v) is 2.65. The van der Waals surface area contributed by atoms with E-state index in [1.807, 2.05) is 6.07 Å². The molecule has 0 bridgehead atoms. The average molecular weight is 292 g/mol. The minimum atomic E-state index is -0.863. The summed E-state index contributed by atoms with van der Waals surface area (Å²) in [6.07, 6.45) is 2.21. The second kappa shape index (κ2) is 4.94. The van der Waals surface area contributed by atoms with Crippen LogP contribution >= 0.6 is 11.6 Å². The molecule has 1 aromatic carbocycles. The van der Waals surface area contributed by atoms with Crippen LogP contribution in [0.5, 0.6) is 0 Å². The number of aromatic amines is 1. The number of Topliss-reactive ketones (excluding diaryl/α,β-unsaturated/α-hetero) is 1. The lowest BCUT2D eigenvalue weighted by Gasteiger charge is -2.02. The van der Waals surface area contributed by atoms with E-state index in [0.29, 0.717) is 17.1 Å². The van der Waals surface area contributed by atoms with Crippen LogP contribution in [-0.4, -0.2) is 21.8 Å². The molecule has 4 nitrogen and oxygen atoms in total. The van der Waals surface area contributed by atoms with Gasteiger partial charge in [0.05, 0.1) is 5.69 Å². The van der Waals surface area contributed by atoms with E-state index >= 15 is 0 Å². The van der Waals surface area contributed by atoms with Gasteiger partial charge < -0.3 is 10.1 Å². The van der Waals surface area contributed by atoms with Gasteiger partial charge in [-0.3, -0.25) is 9.59 Å². The van der Waals surface area contributed by atoms with Crippen LogP contribution in [0.4, 0.5) is 0 Å². The number of carboxylic acids is 1. The molecule has 1 heterocycles. The lowest BCUT2D eigenvalue weighted by Crippen LogP contribution is -2.07. The number of carbonyl (C=O) groups is 2. The summed E-state index contributed by atoms with van der Waals surface area (Å²) < 4.78 is 0. The monoisotopic (exact) mass is 291 g/mol. The third kappa shape index (κ3) is 2.43. The van der Waals surface area contributed by atoms with E-state index in [1.165, 1.54) is 0 Å². The molecule has 1 aliphatic rings. The molecule has 1 fully saturated rings. The van der Waals surface area contributed by atoms with Crippen LogP contribution in [0.3, 0.4) is 0 Å². The molecule has 2 aromatic rings. The molecule has 0 saturated heterocycles. The standard InChI is InChI=1S/C15H14ClNO3/c16-9-3-4-10-11(5-6-13(18)19)14(17-12(10)7-9)15(20)8-1-2-8/h3-4,7-8,17H,1-2,5-6H2,(H,18,19). The molecule has 5 heteroatoms. The number of nitrogens with one attached hydrogen (secondary N) is 1. The minimum Gasteiger partial charge on any atom is -0.481 e. The number of halogens is 1. The van der Waals surface area contributed by atoms with Crippen molar-refractivity contribution < 1.29 is 14.7 Å². The smallest absolute Gasteiger partial charge is 0.303 e. The third-order valence-electron chi connectivity index (χ3n) is 3.65. The number of carbonyl (C=O) groups excluding carboxylic acids is 1. The van der Waals surface area contributed by atoms with Gasteiger partial charge in [-0.15, -0.1) is 0 Å². The van der Waals surface area contributed by atoms with Crippen LogP contribution < -0.4 is 0 Å². The molecular formula is C15H14ClNO3. The molecule has 20 heavy (non-hydrogen) atoms. The molecular weight excluding hydrogens is 278 g/mol. The normalized spacial score (nSPS) is 14.7. The molecule has 0 spiro atoms. The first-order valence-corrected chi connectivity index (χ1v) is 7.00. The molecule has 0 aliphatic heterocycles. The molecule has 1 aromatic heterocycles. The number of fused-ring (bicyclic) bond motifs is 1. The Labute approximate surface area is 120 Å². The molecule has 1 saturated carbocycles. The number of ketones is 1. The lowest BCUT2D eigenvalue weighted by atomic mass is 10.0. The molecule has 104 valence electrons. The lowest BCUT2D eigenvalue weighted by molar-refractivity contribution is -0.136. The van der Waals surface area contributed by atoms with Gasteiger partial charge in [-0.1, -0.05) is 17.7 Å². The summed E-state index contributed by atoms with van der Waals surface area (Å²) in [6.45, 7) is 0. The molecule has 0 amide bonds. The van der Waals surface area contributed by atoms with Crippen LogP contribution in [-0.2, 0) is 11.2 Å². The summed E-state index contributed by atoms with van der Waals surface area (Å²) in [4.78, 5) is 26.2. The number of H-pyrrole nitrogens is 1. The first kappa shape index (κ1) is 13.2. The Hall–Kier alpha value is -1.81. The topological polar surface area (TPSA) is 70.2 Å². The number of carboxylic acid groups (broad SMARTS) is 1. The molecule has 3 rings (SSSR count). The van der Waals surface area contributed by atoms with Gasteiger partial charge in [0.2, 0.25) is 0 Å². The van der Waals surface area contributed by atoms with Gasteiger partial charge in [0.25, 0.3) is 0 Å². The van der Waals surface area contributed by atoms with Crippen LogP contribution in [0, 0.1) is 5.92 Å². The second-order valence-electron chi connectivity index (χ2n) is 5.20. The first-order chi connectivity index (χ1) is 9.56. The van der Waals surface area contributed by atoms with Gasteiger partial charge >= 0.3 is 5.97 Å². The second-order valence-corrected chi connectivity index (χ2v) is 5.64. The van der Waals surface area contributed by atoms with Gasteiger partial charge in [0.1, 0.15) is 0 Å². The summed E-state index contributed by atoms with van der Waals surface area (Å²) in [7, 11) is 0. The predicted molar refractivity (Wildman–Crippen MR) is 76.3 cm³/mol. The van der Waals surface area contributed by atoms with Crippen LogP contribution in [0.2, 0.25) is 5.02 Å². The van der Waals surface area contributed by atoms with Crippen molar-refractivity contribution in [2.75, 3.05) is 0 Å². The zero-order valence-corrected chi connectivity index (χ0v) is 11.5. The first-order valence-electron chi connectivity index (χ1n) is 6.62. The van der Waals surface area contributed by atoms with E-state index in [1.54, 1.807) is 12.1 Å². The van der Waals surface area contributed by atoms with Gasteiger partial charge in [0.15, 0.2) is 5.78 Å². The zero-order chi connectivity index (χ0) is 14.3. The maximum atomic E-state index is 12.3. The van der Waals surface area contributed by atoms with Crippen molar-refractivity contribution in [3.05, 3.63) is 34.5 Å². The number of aromatic nitrogens is 1. The van der Waals surface area contributed by atoms with Crippen molar-refractivity contribution in [1.82, 2.24) is 4.98 Å². The number of aryl methyl sites for hydroxylation is 1. The van der Waals surface area contributed by atoms with E-state index in [0.717, 1.165) is 29.3 Å². The Balaban J connectivity index is 2.07. The van der Waals surface area contributed by atoms with Crippen molar-refractivity contribution in [1.29, 1.82) is 0 Å². The van der Waals surface area contributed by atoms with Gasteiger partial charge in [-0.05, 0) is 37.0 Å². The highest BCUT2D eigenvalue weighted by Gasteiger charge is 2.33. The predicted octanol–water partition coefficient (Wildman–Crippen LogP) is 3.43. The van der Waals surface area contributed by atoms with Crippen molar-refractivity contribution >= 4 is 34.3 Å². The van der Waals surface area contributed by atoms with E-state index in [9.17, 15) is 9.59 Å². The van der Waals surface area contributed by atoms with E-state index in [2.05, 4.69) is 4.98 Å². The molecule has 0 atom stereocenters. The van der Waals surface area contributed by atoms with Crippen molar-refractivity contribution in [3.63, 3.8) is 0 Å². The number of aliphatic carboxylic acids is 1. The summed E-state index contributed by atoms with van der Waals surface area (Å²) in [5.74, 6) is -0.669. The Morgan fingerprint density at radius 1 is 1.35 bits per heavy atom. The number of hydrogen-bond donors (Lipinski definition) is 2. The molecule has 2 N–H and O–H groups in total. The van der Waals surface area contributed by atoms with Gasteiger partial charge in [-0.2, -0.15) is 0 Å². The SMILES string of the molecule is O=C(O)CCc1c(C(=O)C2CC2)[nH]c2cc(Cl)ccc12. The Kier molecular flexibility index (Phi) is 3.26. The van der Waals surface area contributed by atoms with E-state index < -0.39 is 5.97 Å². The summed E-state index contributed by atoms with van der Waals surface area (Å²) in [5.41, 5.74) is 2.16. The van der Waals surface area contributed by atoms with Crippen molar-refractivity contribution in [2.24, 2.45) is 5.92 Å². The fraction of sp³-hybridized carbons (Fsp3) is 0.333. The Bertz CT molecular complexity index is 700. The summed E-state index contributed by atoms with van der Waals surface area (Å²) >= 11 is 5.96. The Morgan fingerprint density at radius 3 is 2.75 bits per heavy atom. The number of hydrogen-bond acceptors (Lipinski definition) is 2. The largest absolute Gasteiger partial charge is 0.481 e. The van der Waals surface area contributed by atoms with Gasteiger partial charge in [-0.25, -0.2) is 0 Å². The maximum Gasteiger partial charge on any atom is 0.303 e. The number of benzene rings is 1. The fourth-order valence-electron chi connectivity index (χ4n) is 2.48. The molecule has 0 radical (unpaired) electrons. The van der Waals surface area contributed by atoms with Crippen LogP contribution in [0.1, 0.15) is 35.3 Å². The molecule has 1 aliphatic carbocycles. The van der Waals surface area contributed by atoms with Crippen LogP contribution in [0.15, 0.2) is 18.2 Å². The van der Waals surface area contributed by atoms with Gasteiger partial charge in [0, 0.05) is 28.3 Å². The summed E-state index contributed by atoms with van der Waals surface area (Å²) in [5, 5.41) is 10.3. The molecule has 0 unspecified atom stereocenters. The minimum absolute atomic E-state index is 0.0144. The highest BCUT2D eigenvalue weighted by Crippen LogP contribution is 2.35. The van der Waals surface area contributed by atoms with E-state index in [-0.39, 0.29) is 18.1 Å². The Morgan fingerprint density at radius 2 is 2.10 bits per heavy atom. The zero-order valence-electron chi connectivity index (χ0n) is 10.8. The van der Waals surface area contributed by atoms with Crippen LogP contribution in [0.25, 0.3) is 10.9 Å².